The third-order valence-electron chi connectivity index (χ3n) is 2.52. The van der Waals surface area contributed by atoms with Crippen LogP contribution in [-0.4, -0.2) is 6.03 Å². The minimum absolute atomic E-state index is 0.232. The van der Waals surface area contributed by atoms with E-state index in [4.69, 9.17) is 5.26 Å². The third-order valence-corrected chi connectivity index (χ3v) is 2.98. The lowest BCUT2D eigenvalue weighted by molar-refractivity contribution is 0.262. The number of amides is 2. The molecule has 0 aromatic heterocycles. The van der Waals surface area contributed by atoms with Gasteiger partial charge in [-0.3, -0.25) is 0 Å². The summed E-state index contributed by atoms with van der Waals surface area (Å²) in [6.07, 6.45) is 0. The zero-order chi connectivity index (χ0) is 15.4. The second-order valence-corrected chi connectivity index (χ2v) is 4.93. The first-order valence-electron chi connectivity index (χ1n) is 5.72. The van der Waals surface area contributed by atoms with Crippen LogP contribution in [0.4, 0.5) is 25.0 Å². The minimum Gasteiger partial charge on any atom is -0.308 e. The van der Waals surface area contributed by atoms with Crippen molar-refractivity contribution in [2.75, 3.05) is 10.6 Å². The molecule has 2 rings (SSSR count). The Morgan fingerprint density at radius 2 is 1.67 bits per heavy atom. The largest absolute Gasteiger partial charge is 0.323 e. The van der Waals surface area contributed by atoms with Gasteiger partial charge in [0, 0.05) is 10.2 Å². The molecule has 4 nitrogen and oxygen atoms in total. The monoisotopic (exact) mass is 351 g/mol. The van der Waals surface area contributed by atoms with Crippen molar-refractivity contribution in [1.29, 1.82) is 5.26 Å². The zero-order valence-corrected chi connectivity index (χ0v) is 12.0. The van der Waals surface area contributed by atoms with Crippen LogP contribution in [0.3, 0.4) is 0 Å². The fourth-order valence-electron chi connectivity index (χ4n) is 1.57. The molecular formula is C14H8BrF2N3O. The number of halogens is 3. The summed E-state index contributed by atoms with van der Waals surface area (Å²) >= 11 is 2.95. The van der Waals surface area contributed by atoms with E-state index in [2.05, 4.69) is 26.6 Å². The van der Waals surface area contributed by atoms with Gasteiger partial charge in [0.1, 0.15) is 5.69 Å². The van der Waals surface area contributed by atoms with Crippen molar-refractivity contribution in [3.8, 4) is 6.07 Å². The van der Waals surface area contributed by atoms with Crippen molar-refractivity contribution >= 4 is 33.3 Å². The fourth-order valence-corrected chi connectivity index (χ4v) is 1.97. The van der Waals surface area contributed by atoms with Gasteiger partial charge < -0.3 is 10.6 Å². The van der Waals surface area contributed by atoms with Crippen LogP contribution in [0.15, 0.2) is 40.9 Å². The van der Waals surface area contributed by atoms with Gasteiger partial charge in [-0.1, -0.05) is 15.9 Å². The van der Waals surface area contributed by atoms with Gasteiger partial charge in [-0.25, -0.2) is 13.6 Å². The summed E-state index contributed by atoms with van der Waals surface area (Å²) in [5, 5.41) is 13.2. The van der Waals surface area contributed by atoms with Crippen LogP contribution >= 0.6 is 15.9 Å². The van der Waals surface area contributed by atoms with E-state index in [1.165, 1.54) is 24.3 Å². The molecule has 7 heteroatoms. The number of benzene rings is 2. The van der Waals surface area contributed by atoms with E-state index in [0.29, 0.717) is 11.3 Å². The Morgan fingerprint density at radius 3 is 2.19 bits per heavy atom. The number of hydrogen-bond donors (Lipinski definition) is 2. The number of nitrogens with one attached hydrogen (secondary N) is 2. The van der Waals surface area contributed by atoms with Gasteiger partial charge in [-0.2, -0.15) is 5.26 Å². The number of urea groups is 1. The summed E-state index contributed by atoms with van der Waals surface area (Å²) in [7, 11) is 0. The smallest absolute Gasteiger partial charge is 0.308 e. The molecule has 0 bridgehead atoms. The Morgan fingerprint density at radius 1 is 1.10 bits per heavy atom. The minimum atomic E-state index is -0.892. The lowest BCUT2D eigenvalue weighted by Crippen LogP contribution is -2.21. The van der Waals surface area contributed by atoms with Crippen LogP contribution in [0.2, 0.25) is 0 Å². The van der Waals surface area contributed by atoms with Crippen molar-refractivity contribution in [3.63, 3.8) is 0 Å². The SMILES string of the molecule is N#Cc1ccc(NC(=O)Nc2c(F)cc(Br)cc2F)cc1. The summed E-state index contributed by atoms with van der Waals surface area (Å²) in [6.45, 7) is 0. The van der Waals surface area contributed by atoms with Crippen LogP contribution in [0.5, 0.6) is 0 Å². The molecule has 0 spiro atoms. The molecule has 2 N–H and O–H groups in total. The average Bonchev–Trinajstić information content (AvgIpc) is 2.43. The van der Waals surface area contributed by atoms with Gasteiger partial charge in [0.05, 0.1) is 11.6 Å². The van der Waals surface area contributed by atoms with Gasteiger partial charge in [0.2, 0.25) is 0 Å². The number of nitriles is 1. The molecule has 2 amide bonds. The molecule has 0 atom stereocenters. The average molecular weight is 352 g/mol. The fraction of sp³-hybridized carbons (Fsp3) is 0. The van der Waals surface area contributed by atoms with E-state index < -0.39 is 23.4 Å². The predicted octanol–water partition coefficient (Wildman–Crippen LogP) is 4.24. The third kappa shape index (κ3) is 3.77. The van der Waals surface area contributed by atoms with Gasteiger partial charge in [-0.05, 0) is 36.4 Å². The molecule has 0 aliphatic heterocycles. The molecule has 106 valence electrons. The van der Waals surface area contributed by atoms with Gasteiger partial charge in [0.25, 0.3) is 0 Å². The number of carbonyl (C=O) groups is 1. The van der Waals surface area contributed by atoms with Crippen LogP contribution in [0.25, 0.3) is 0 Å². The first-order chi connectivity index (χ1) is 9.99. The molecule has 2 aromatic carbocycles. The maximum atomic E-state index is 13.6. The normalized spacial score (nSPS) is 9.81. The van der Waals surface area contributed by atoms with E-state index in [1.807, 2.05) is 6.07 Å². The molecule has 0 saturated carbocycles. The summed E-state index contributed by atoms with van der Waals surface area (Å²) < 4.78 is 27.4. The molecular weight excluding hydrogens is 344 g/mol. The number of rotatable bonds is 2. The molecule has 0 heterocycles. The lowest BCUT2D eigenvalue weighted by Gasteiger charge is -2.09. The molecule has 2 aromatic rings. The van der Waals surface area contributed by atoms with Crippen molar-refractivity contribution in [2.24, 2.45) is 0 Å². The van der Waals surface area contributed by atoms with Crippen LogP contribution in [0.1, 0.15) is 5.56 Å². The van der Waals surface area contributed by atoms with E-state index in [1.54, 1.807) is 0 Å². The Labute approximate surface area is 127 Å². The summed E-state index contributed by atoms with van der Waals surface area (Å²) in [6, 6.07) is 9.26. The molecule has 0 saturated heterocycles. The highest BCUT2D eigenvalue weighted by Crippen LogP contribution is 2.24. The quantitative estimate of drug-likeness (QED) is 0.849. The van der Waals surface area contributed by atoms with Gasteiger partial charge >= 0.3 is 6.03 Å². The maximum absolute atomic E-state index is 13.6. The molecule has 0 radical (unpaired) electrons. The maximum Gasteiger partial charge on any atom is 0.323 e. The highest BCUT2D eigenvalue weighted by atomic mass is 79.9. The standard InChI is InChI=1S/C14H8BrF2N3O/c15-9-5-11(16)13(12(17)6-9)20-14(21)19-10-3-1-8(7-18)2-4-10/h1-6H,(H2,19,20,21). The first-order valence-corrected chi connectivity index (χ1v) is 6.51. The topological polar surface area (TPSA) is 64.9 Å². The Bertz CT molecular complexity index is 703. The molecule has 0 unspecified atom stereocenters. The highest BCUT2D eigenvalue weighted by Gasteiger charge is 2.13. The first kappa shape index (κ1) is 14.9. The molecule has 0 fully saturated rings. The number of hydrogen-bond acceptors (Lipinski definition) is 2. The second-order valence-electron chi connectivity index (χ2n) is 4.01. The molecule has 21 heavy (non-hydrogen) atoms. The van der Waals surface area contributed by atoms with E-state index in [-0.39, 0.29) is 4.47 Å². The van der Waals surface area contributed by atoms with Crippen LogP contribution in [0, 0.1) is 23.0 Å². The highest BCUT2D eigenvalue weighted by molar-refractivity contribution is 9.10. The van der Waals surface area contributed by atoms with Crippen molar-refractivity contribution in [2.45, 2.75) is 0 Å². The molecule has 0 aliphatic carbocycles. The lowest BCUT2D eigenvalue weighted by atomic mass is 10.2. The van der Waals surface area contributed by atoms with E-state index in [9.17, 15) is 13.6 Å². The molecule has 0 aliphatic rings. The summed E-state index contributed by atoms with van der Waals surface area (Å²) in [5.74, 6) is -1.78. The van der Waals surface area contributed by atoms with Crippen molar-refractivity contribution in [1.82, 2.24) is 0 Å². The Hall–Kier alpha value is -2.46. The predicted molar refractivity (Wildman–Crippen MR) is 77.9 cm³/mol. The second kappa shape index (κ2) is 6.33. The summed E-state index contributed by atoms with van der Waals surface area (Å²) in [4.78, 5) is 11.7. The zero-order valence-electron chi connectivity index (χ0n) is 10.5. The van der Waals surface area contributed by atoms with E-state index >= 15 is 0 Å². The number of carbonyl (C=O) groups excluding carboxylic acids is 1. The van der Waals surface area contributed by atoms with Crippen LogP contribution < -0.4 is 10.6 Å². The van der Waals surface area contributed by atoms with E-state index in [0.717, 1.165) is 12.1 Å². The van der Waals surface area contributed by atoms with Gasteiger partial charge in [0.15, 0.2) is 11.6 Å². The van der Waals surface area contributed by atoms with Gasteiger partial charge in [-0.15, -0.1) is 0 Å². The number of anilines is 2. The Kier molecular flexibility index (Phi) is 4.50. The summed E-state index contributed by atoms with van der Waals surface area (Å²) in [5.41, 5.74) is 0.291. The Balaban J connectivity index is 2.10. The number of nitrogens with zero attached hydrogens (tertiary/aromatic N) is 1. The van der Waals surface area contributed by atoms with Crippen molar-refractivity contribution < 1.29 is 13.6 Å². The van der Waals surface area contributed by atoms with Crippen molar-refractivity contribution in [3.05, 3.63) is 58.1 Å². The van der Waals surface area contributed by atoms with Crippen LogP contribution in [-0.2, 0) is 0 Å².